The van der Waals surface area contributed by atoms with Gasteiger partial charge in [-0.2, -0.15) is 0 Å². The van der Waals surface area contributed by atoms with Crippen molar-refractivity contribution < 1.29 is 14.3 Å². The van der Waals surface area contributed by atoms with Crippen LogP contribution in [-0.4, -0.2) is 22.9 Å². The van der Waals surface area contributed by atoms with Gasteiger partial charge in [-0.25, -0.2) is 4.79 Å². The number of rotatable bonds is 5. The number of halogens is 1. The normalized spacial score (nSPS) is 10.9. The zero-order chi connectivity index (χ0) is 19.7. The van der Waals surface area contributed by atoms with E-state index in [-0.39, 0.29) is 12.4 Å². The highest BCUT2D eigenvalue weighted by Gasteiger charge is 2.20. The van der Waals surface area contributed by atoms with Crippen LogP contribution in [0, 0.1) is 27.7 Å². The summed E-state index contributed by atoms with van der Waals surface area (Å²) in [4.78, 5) is 26.8. The lowest BCUT2D eigenvalue weighted by Gasteiger charge is -2.10. The van der Waals surface area contributed by atoms with Gasteiger partial charge in [0.05, 0.1) is 5.56 Å². The molecule has 140 valence electrons. The third-order valence-corrected chi connectivity index (χ3v) is 5.63. The van der Waals surface area contributed by atoms with Gasteiger partial charge < -0.3 is 9.30 Å². The summed E-state index contributed by atoms with van der Waals surface area (Å²) in [6.45, 7) is 7.34. The predicted octanol–water partition coefficient (Wildman–Crippen LogP) is 5.47. The Morgan fingerprint density at radius 1 is 1.04 bits per heavy atom. The third kappa shape index (κ3) is 3.99. The molecular weight excluding hydrogens is 382 g/mol. The second-order valence-corrected chi connectivity index (χ2v) is 8.32. The van der Waals surface area contributed by atoms with Crippen molar-refractivity contribution in [3.63, 3.8) is 0 Å². The largest absolute Gasteiger partial charge is 0.454 e. The zero-order valence-corrected chi connectivity index (χ0v) is 17.2. The Balaban J connectivity index is 1.77. The Morgan fingerprint density at radius 3 is 2.30 bits per heavy atom. The molecule has 27 heavy (non-hydrogen) atoms. The molecule has 0 saturated carbocycles. The van der Waals surface area contributed by atoms with E-state index in [1.54, 1.807) is 6.07 Å². The van der Waals surface area contributed by atoms with E-state index in [9.17, 15) is 9.59 Å². The predicted molar refractivity (Wildman–Crippen MR) is 109 cm³/mol. The highest BCUT2D eigenvalue weighted by Crippen LogP contribution is 2.24. The Labute approximate surface area is 167 Å². The van der Waals surface area contributed by atoms with E-state index in [2.05, 4.69) is 0 Å². The third-order valence-electron chi connectivity index (χ3n) is 4.41. The maximum absolute atomic E-state index is 12.6. The topological polar surface area (TPSA) is 48.3 Å². The molecule has 0 aliphatic rings. The van der Waals surface area contributed by atoms with Gasteiger partial charge in [0.1, 0.15) is 0 Å². The van der Waals surface area contributed by atoms with Crippen LogP contribution in [0.1, 0.15) is 41.9 Å². The lowest BCUT2D eigenvalue weighted by atomic mass is 10.1. The number of hydrogen-bond donors (Lipinski definition) is 0. The van der Waals surface area contributed by atoms with Crippen LogP contribution >= 0.6 is 22.9 Å². The number of benzene rings is 1. The molecule has 4 nitrogen and oxygen atoms in total. The van der Waals surface area contributed by atoms with Crippen molar-refractivity contribution in [3.05, 3.63) is 73.7 Å². The van der Waals surface area contributed by atoms with Crippen LogP contribution in [-0.2, 0) is 4.74 Å². The Bertz CT molecular complexity index is 1010. The molecule has 0 spiro atoms. The van der Waals surface area contributed by atoms with Crippen LogP contribution < -0.4 is 0 Å². The fourth-order valence-electron chi connectivity index (χ4n) is 3.15. The molecule has 0 atom stereocenters. The van der Waals surface area contributed by atoms with Gasteiger partial charge in [-0.3, -0.25) is 4.79 Å². The quantitative estimate of drug-likeness (QED) is 0.421. The van der Waals surface area contributed by atoms with E-state index < -0.39 is 5.97 Å². The molecule has 0 radical (unpaired) electrons. The van der Waals surface area contributed by atoms with Gasteiger partial charge in [0, 0.05) is 37.4 Å². The van der Waals surface area contributed by atoms with Gasteiger partial charge in [0.15, 0.2) is 6.61 Å². The zero-order valence-electron chi connectivity index (χ0n) is 15.6. The lowest BCUT2D eigenvalue weighted by Crippen LogP contribution is -2.15. The minimum atomic E-state index is -0.461. The molecule has 0 aliphatic carbocycles. The molecule has 3 rings (SSSR count). The summed E-state index contributed by atoms with van der Waals surface area (Å²) in [5.41, 5.74) is 3.73. The van der Waals surface area contributed by atoms with Crippen molar-refractivity contribution in [2.45, 2.75) is 27.7 Å². The van der Waals surface area contributed by atoms with Gasteiger partial charge in [0.25, 0.3) is 0 Å². The maximum atomic E-state index is 12.6. The number of ketones is 1. The number of thiophene rings is 1. The summed E-state index contributed by atoms with van der Waals surface area (Å²) in [5.74, 6) is -0.682. The highest BCUT2D eigenvalue weighted by molar-refractivity contribution is 7.12. The van der Waals surface area contributed by atoms with Gasteiger partial charge in [-0.05, 0) is 64.1 Å². The van der Waals surface area contributed by atoms with Crippen LogP contribution in [0.15, 0.2) is 36.4 Å². The number of carbonyl (C=O) groups is 2. The van der Waals surface area contributed by atoms with Crippen molar-refractivity contribution in [3.8, 4) is 5.69 Å². The molecule has 2 aromatic heterocycles. The van der Waals surface area contributed by atoms with Gasteiger partial charge in [-0.15, -0.1) is 11.3 Å². The van der Waals surface area contributed by atoms with Crippen LogP contribution in [0.2, 0.25) is 5.02 Å². The average molecular weight is 402 g/mol. The first-order chi connectivity index (χ1) is 12.8. The highest BCUT2D eigenvalue weighted by atomic mass is 35.5. The van der Waals surface area contributed by atoms with Crippen LogP contribution in [0.5, 0.6) is 0 Å². The first-order valence-corrected chi connectivity index (χ1v) is 9.69. The average Bonchev–Trinajstić information content (AvgIpc) is 3.11. The Kier molecular flexibility index (Phi) is 5.53. The molecule has 0 unspecified atom stereocenters. The van der Waals surface area contributed by atoms with Crippen LogP contribution in [0.4, 0.5) is 0 Å². The van der Waals surface area contributed by atoms with Crippen molar-refractivity contribution in [1.82, 2.24) is 4.57 Å². The standard InChI is InChI=1S/C21H20ClNO3S/c1-12-9-18(14(3)23(12)17-7-5-16(22)6-8-17)20(24)11-26-21(25)19-10-13(2)27-15(19)4/h5-10H,11H2,1-4H3. The number of aryl methyl sites for hydroxylation is 3. The summed E-state index contributed by atoms with van der Waals surface area (Å²) in [6, 6.07) is 11.0. The van der Waals surface area contributed by atoms with Crippen molar-refractivity contribution in [2.24, 2.45) is 0 Å². The molecule has 0 amide bonds. The second-order valence-electron chi connectivity index (χ2n) is 6.42. The molecule has 1 aromatic carbocycles. The molecule has 2 heterocycles. The SMILES string of the molecule is Cc1cc(C(=O)OCC(=O)c2cc(C)n(-c3ccc(Cl)cc3)c2C)c(C)s1. The van der Waals surface area contributed by atoms with Crippen molar-refractivity contribution >= 4 is 34.7 Å². The number of hydrogen-bond acceptors (Lipinski definition) is 4. The summed E-state index contributed by atoms with van der Waals surface area (Å²) >= 11 is 7.49. The minimum Gasteiger partial charge on any atom is -0.454 e. The second kappa shape index (κ2) is 7.71. The number of nitrogens with zero attached hydrogens (tertiary/aromatic N) is 1. The van der Waals surface area contributed by atoms with Crippen LogP contribution in [0.3, 0.4) is 0 Å². The summed E-state index contributed by atoms with van der Waals surface area (Å²) < 4.78 is 7.24. The van der Waals surface area contributed by atoms with Gasteiger partial charge in [-0.1, -0.05) is 11.6 Å². The monoisotopic (exact) mass is 401 g/mol. The number of esters is 1. The molecule has 0 fully saturated rings. The van der Waals surface area contributed by atoms with E-state index in [4.69, 9.17) is 16.3 Å². The maximum Gasteiger partial charge on any atom is 0.339 e. The summed E-state index contributed by atoms with van der Waals surface area (Å²) in [5, 5.41) is 0.656. The van der Waals surface area contributed by atoms with E-state index >= 15 is 0 Å². The number of Topliss-reactive ketones (excluding diaryl/α,β-unsaturated/α-hetero) is 1. The Hall–Kier alpha value is -2.37. The number of carbonyl (C=O) groups excluding carboxylic acids is 2. The van der Waals surface area contributed by atoms with Gasteiger partial charge >= 0.3 is 5.97 Å². The first kappa shape index (κ1) is 19.4. The minimum absolute atomic E-state index is 0.221. The molecule has 6 heteroatoms. The fraction of sp³-hybridized carbons (Fsp3) is 0.238. The van der Waals surface area contributed by atoms with Gasteiger partial charge in [0.2, 0.25) is 5.78 Å². The molecule has 0 saturated heterocycles. The molecule has 0 N–H and O–H groups in total. The lowest BCUT2D eigenvalue weighted by molar-refractivity contribution is 0.0474. The molecule has 0 aliphatic heterocycles. The van der Waals surface area contributed by atoms with Crippen molar-refractivity contribution in [1.29, 1.82) is 0 Å². The molecule has 3 aromatic rings. The van der Waals surface area contributed by atoms with Crippen LogP contribution in [0.25, 0.3) is 5.69 Å². The van der Waals surface area contributed by atoms with E-state index in [0.29, 0.717) is 16.1 Å². The fourth-order valence-corrected chi connectivity index (χ4v) is 4.19. The molecule has 0 bridgehead atoms. The van der Waals surface area contributed by atoms with E-state index in [0.717, 1.165) is 26.8 Å². The number of ether oxygens (including phenoxy) is 1. The Morgan fingerprint density at radius 2 is 1.70 bits per heavy atom. The van der Waals surface area contributed by atoms with Crippen molar-refractivity contribution in [2.75, 3.05) is 6.61 Å². The first-order valence-electron chi connectivity index (χ1n) is 8.50. The van der Waals surface area contributed by atoms with E-state index in [1.165, 1.54) is 11.3 Å². The number of aromatic nitrogens is 1. The smallest absolute Gasteiger partial charge is 0.339 e. The summed E-state index contributed by atoms with van der Waals surface area (Å²) in [6.07, 6.45) is 0. The molecular formula is C21H20ClNO3S. The van der Waals surface area contributed by atoms with E-state index in [1.807, 2.05) is 62.6 Å². The summed E-state index contributed by atoms with van der Waals surface area (Å²) in [7, 11) is 0.